The zero-order valence-corrected chi connectivity index (χ0v) is 13.0. The van der Waals surface area contributed by atoms with E-state index in [1.165, 1.54) is 0 Å². The van der Waals surface area contributed by atoms with Crippen LogP contribution in [0.3, 0.4) is 0 Å². The number of hydrogen-bond acceptors (Lipinski definition) is 5. The zero-order valence-electron chi connectivity index (χ0n) is 13.0. The highest BCUT2D eigenvalue weighted by Gasteiger charge is 2.42. The quantitative estimate of drug-likeness (QED) is 0.833. The highest BCUT2D eigenvalue weighted by molar-refractivity contribution is 5.74. The molecule has 1 N–H and O–H groups in total. The molecule has 1 fully saturated rings. The van der Waals surface area contributed by atoms with Gasteiger partial charge in [0.05, 0.1) is 24.2 Å². The number of hydrogen-bond donors (Lipinski definition) is 1. The van der Waals surface area contributed by atoms with Gasteiger partial charge in [-0.15, -0.1) is 5.10 Å². The van der Waals surface area contributed by atoms with Crippen LogP contribution in [-0.4, -0.2) is 67.4 Å². The average molecular weight is 304 g/mol. The maximum Gasteiger partial charge on any atom is 0.321 e. The largest absolute Gasteiger partial charge is 0.393 e. The predicted molar refractivity (Wildman–Crippen MR) is 79.1 cm³/mol. The van der Waals surface area contributed by atoms with Gasteiger partial charge in [0, 0.05) is 33.3 Å². The molecule has 3 aliphatic heterocycles. The van der Waals surface area contributed by atoms with Crippen LogP contribution in [0.2, 0.25) is 0 Å². The van der Waals surface area contributed by atoms with Gasteiger partial charge >= 0.3 is 6.03 Å². The molecule has 0 aromatic rings. The summed E-state index contributed by atoms with van der Waals surface area (Å²) in [6.45, 7) is 2.44. The number of amides is 2. The van der Waals surface area contributed by atoms with Gasteiger partial charge in [0.15, 0.2) is 5.82 Å². The molecular weight excluding hydrogens is 284 g/mol. The Morgan fingerprint density at radius 1 is 1.50 bits per heavy atom. The molecule has 0 aliphatic carbocycles. The lowest BCUT2D eigenvalue weighted by Crippen LogP contribution is -2.59. The minimum atomic E-state index is -0.683. The third kappa shape index (κ3) is 2.29. The fourth-order valence-corrected chi connectivity index (χ4v) is 2.98. The highest BCUT2D eigenvalue weighted by Crippen LogP contribution is 2.34. The van der Waals surface area contributed by atoms with Gasteiger partial charge in [0.1, 0.15) is 5.66 Å². The van der Waals surface area contributed by atoms with Crippen molar-refractivity contribution in [3.63, 3.8) is 0 Å². The van der Waals surface area contributed by atoms with Crippen molar-refractivity contribution >= 4 is 6.03 Å². The Hall–Kier alpha value is -2.22. The van der Waals surface area contributed by atoms with Crippen molar-refractivity contribution in [1.82, 2.24) is 29.5 Å². The fourth-order valence-electron chi connectivity index (χ4n) is 2.98. The van der Waals surface area contributed by atoms with Crippen molar-refractivity contribution in [3.05, 3.63) is 18.7 Å². The highest BCUT2D eigenvalue weighted by atomic mass is 16.3. The Morgan fingerprint density at radius 2 is 2.27 bits per heavy atom. The summed E-state index contributed by atoms with van der Waals surface area (Å²) in [7, 11) is 3.45. The minimum absolute atomic E-state index is 0.0826. The Labute approximate surface area is 128 Å². The average Bonchev–Trinajstić information content (AvgIpc) is 2.93. The Balaban J connectivity index is 2.05. The third-order valence-corrected chi connectivity index (χ3v) is 4.25. The van der Waals surface area contributed by atoms with Crippen LogP contribution >= 0.6 is 0 Å². The molecule has 3 aliphatic rings. The van der Waals surface area contributed by atoms with Crippen molar-refractivity contribution in [3.8, 4) is 11.4 Å². The van der Waals surface area contributed by atoms with Gasteiger partial charge in [0.2, 0.25) is 0 Å². The topological polar surface area (TPSA) is 87.4 Å². The molecule has 0 saturated carbocycles. The second-order valence-corrected chi connectivity index (χ2v) is 6.10. The van der Waals surface area contributed by atoms with Crippen LogP contribution in [0.5, 0.6) is 0 Å². The lowest BCUT2D eigenvalue weighted by Gasteiger charge is -2.48. The summed E-state index contributed by atoms with van der Waals surface area (Å²) in [6, 6.07) is -0.0826. The van der Waals surface area contributed by atoms with E-state index in [0.29, 0.717) is 25.2 Å². The predicted octanol–water partition coefficient (Wildman–Crippen LogP) is 0.589. The molecule has 118 valence electrons. The molecule has 0 radical (unpaired) electrons. The van der Waals surface area contributed by atoms with Crippen LogP contribution < -0.4 is 0 Å². The number of nitrogens with zero attached hydrogens (tertiary/aromatic N) is 6. The van der Waals surface area contributed by atoms with Gasteiger partial charge in [0.25, 0.3) is 0 Å². The van der Waals surface area contributed by atoms with E-state index in [-0.39, 0.29) is 6.03 Å². The maximum atomic E-state index is 12.5. The van der Waals surface area contributed by atoms with Gasteiger partial charge in [-0.25, -0.2) is 9.78 Å². The smallest absolute Gasteiger partial charge is 0.321 e. The molecule has 2 unspecified atom stereocenters. The van der Waals surface area contributed by atoms with Crippen molar-refractivity contribution < 1.29 is 9.90 Å². The minimum Gasteiger partial charge on any atom is -0.393 e. The van der Waals surface area contributed by atoms with E-state index >= 15 is 0 Å². The summed E-state index contributed by atoms with van der Waals surface area (Å²) < 4.78 is 1.86. The standard InChI is InChI=1S/C14H20N6O2/c1-14(19-8-10-7-16-17-12(10)15-9-19)6-11(21)4-5-20(14)13(22)18(2)3/h7-9,11,21H,4-6H2,1-3H3. The van der Waals surface area contributed by atoms with Gasteiger partial charge in [-0.3, -0.25) is 0 Å². The molecule has 8 heteroatoms. The fraction of sp³-hybridized carbons (Fsp3) is 0.571. The lowest BCUT2D eigenvalue weighted by molar-refractivity contribution is -0.0378. The number of carbonyl (C=O) groups excluding carboxylic acids is 1. The molecule has 2 amide bonds. The summed E-state index contributed by atoms with van der Waals surface area (Å²) in [6.07, 6.45) is 5.73. The number of rotatable bonds is 1. The molecule has 0 aromatic heterocycles. The first-order valence-corrected chi connectivity index (χ1v) is 7.24. The van der Waals surface area contributed by atoms with E-state index in [0.717, 1.165) is 5.56 Å². The third-order valence-electron chi connectivity index (χ3n) is 4.25. The Kier molecular flexibility index (Phi) is 3.48. The number of urea groups is 1. The van der Waals surface area contributed by atoms with E-state index < -0.39 is 11.8 Å². The van der Waals surface area contributed by atoms with Crippen molar-refractivity contribution in [2.45, 2.75) is 31.5 Å². The molecule has 8 nitrogen and oxygen atoms in total. The normalized spacial score (nSPS) is 25.5. The van der Waals surface area contributed by atoms with E-state index in [1.807, 2.05) is 17.7 Å². The maximum absolute atomic E-state index is 12.5. The molecule has 22 heavy (non-hydrogen) atoms. The monoisotopic (exact) mass is 304 g/mol. The Morgan fingerprint density at radius 3 is 3.00 bits per heavy atom. The zero-order chi connectivity index (χ0) is 15.9. The van der Waals surface area contributed by atoms with E-state index in [2.05, 4.69) is 15.2 Å². The summed E-state index contributed by atoms with van der Waals surface area (Å²) in [5.74, 6) is 0.571. The number of piperidine rings is 1. The number of likely N-dealkylation sites (tertiary alicyclic amines) is 1. The lowest BCUT2D eigenvalue weighted by atomic mass is 9.94. The van der Waals surface area contributed by atoms with Crippen molar-refractivity contribution in [2.24, 2.45) is 0 Å². The van der Waals surface area contributed by atoms with Crippen LogP contribution in [0, 0.1) is 0 Å². The van der Waals surface area contributed by atoms with E-state index in [4.69, 9.17) is 0 Å². The Bertz CT molecular complexity index is 657. The molecular formula is C14H20N6O2. The number of aliphatic hydroxyl groups is 1. The first-order valence-electron chi connectivity index (χ1n) is 7.24. The van der Waals surface area contributed by atoms with Gasteiger partial charge in [-0.1, -0.05) is 0 Å². The summed E-state index contributed by atoms with van der Waals surface area (Å²) in [5, 5.41) is 17.9. The molecule has 3 rings (SSSR count). The molecule has 1 saturated heterocycles. The molecule has 0 bridgehead atoms. The summed E-state index contributed by atoms with van der Waals surface area (Å²) in [5.41, 5.74) is 0.123. The number of carbonyl (C=O) groups is 1. The summed E-state index contributed by atoms with van der Waals surface area (Å²) >= 11 is 0. The molecule has 2 atom stereocenters. The van der Waals surface area contributed by atoms with E-state index in [9.17, 15) is 9.90 Å². The second kappa shape index (κ2) is 5.20. The van der Waals surface area contributed by atoms with Crippen LogP contribution in [0.15, 0.2) is 18.7 Å². The van der Waals surface area contributed by atoms with Crippen LogP contribution in [0.25, 0.3) is 11.4 Å². The SMILES string of the molecule is CN(C)C(=O)N1CCC(O)CC1(C)n1cnc2nncc-2c1. The number of aliphatic hydroxyl groups excluding tert-OH is 1. The van der Waals surface area contributed by atoms with Crippen molar-refractivity contribution in [2.75, 3.05) is 20.6 Å². The first-order chi connectivity index (χ1) is 10.4. The summed E-state index contributed by atoms with van der Waals surface area (Å²) in [4.78, 5) is 20.1. The van der Waals surface area contributed by atoms with Crippen LogP contribution in [0.1, 0.15) is 19.8 Å². The van der Waals surface area contributed by atoms with E-state index in [1.54, 1.807) is 36.4 Å². The number of fused-ring (bicyclic) bond motifs is 1. The molecule has 0 spiro atoms. The molecule has 0 aromatic carbocycles. The van der Waals surface area contributed by atoms with Crippen molar-refractivity contribution in [1.29, 1.82) is 0 Å². The van der Waals surface area contributed by atoms with Crippen LogP contribution in [-0.2, 0) is 5.66 Å². The molecule has 3 heterocycles. The first kappa shape index (κ1) is 14.7. The van der Waals surface area contributed by atoms with Gasteiger partial charge in [-0.05, 0) is 13.3 Å². The van der Waals surface area contributed by atoms with Gasteiger partial charge in [-0.2, -0.15) is 5.10 Å². The van der Waals surface area contributed by atoms with Crippen LogP contribution in [0.4, 0.5) is 4.79 Å². The van der Waals surface area contributed by atoms with Gasteiger partial charge < -0.3 is 19.5 Å². The second-order valence-electron chi connectivity index (χ2n) is 6.10. The number of aromatic nitrogens is 4.